The van der Waals surface area contributed by atoms with Gasteiger partial charge in [0.1, 0.15) is 5.69 Å². The van der Waals surface area contributed by atoms with Crippen molar-refractivity contribution in [3.63, 3.8) is 0 Å². The molecular weight excluding hydrogens is 310 g/mol. The lowest BCUT2D eigenvalue weighted by atomic mass is 10.1. The molecule has 7 heteroatoms. The van der Waals surface area contributed by atoms with Gasteiger partial charge < -0.3 is 0 Å². The molecule has 0 saturated carbocycles. The van der Waals surface area contributed by atoms with Gasteiger partial charge in [-0.25, -0.2) is 5.43 Å². The summed E-state index contributed by atoms with van der Waals surface area (Å²) in [7, 11) is 0. The first-order valence-corrected chi connectivity index (χ1v) is 6.36. The molecule has 0 atom stereocenters. The summed E-state index contributed by atoms with van der Waals surface area (Å²) in [5.41, 5.74) is 4.42. The van der Waals surface area contributed by atoms with E-state index in [0.29, 0.717) is 5.69 Å². The number of nitrogens with one attached hydrogen (secondary N) is 2. The molecule has 2 aromatic rings. The molecule has 0 saturated heterocycles. The molecule has 1 aromatic heterocycles. The fourth-order valence-electron chi connectivity index (χ4n) is 1.40. The summed E-state index contributed by atoms with van der Waals surface area (Å²) in [6.07, 6.45) is 0. The number of aryl methyl sites for hydroxylation is 1. The Hall–Kier alpha value is -2.02. The van der Waals surface area contributed by atoms with Crippen LogP contribution in [0.15, 0.2) is 38.6 Å². The molecule has 0 unspecified atom stereocenters. The summed E-state index contributed by atoms with van der Waals surface area (Å²) >= 11 is 3.45. The molecule has 0 bridgehead atoms. The third kappa shape index (κ3) is 3.25. The van der Waals surface area contributed by atoms with Gasteiger partial charge in [0, 0.05) is 10.0 Å². The second-order valence-electron chi connectivity index (χ2n) is 3.88. The van der Waals surface area contributed by atoms with E-state index in [1.165, 1.54) is 0 Å². The van der Waals surface area contributed by atoms with Crippen molar-refractivity contribution in [3.8, 4) is 0 Å². The van der Waals surface area contributed by atoms with E-state index < -0.39 is 0 Å². The lowest BCUT2D eigenvalue weighted by molar-refractivity contribution is 0.897. The molecule has 0 spiro atoms. The molecule has 0 aliphatic rings. The Kier molecular flexibility index (Phi) is 4.06. The number of hydrogen-bond acceptors (Lipinski definition) is 5. The number of nitrogens with zero attached hydrogens (tertiary/aromatic N) is 3. The van der Waals surface area contributed by atoms with Crippen molar-refractivity contribution in [1.29, 1.82) is 0 Å². The number of rotatable bonds is 3. The average Bonchev–Trinajstić information content (AvgIpc) is 2.40. The van der Waals surface area contributed by atoms with Gasteiger partial charge >= 0.3 is 0 Å². The molecule has 19 heavy (non-hydrogen) atoms. The SMILES string of the molecule is C/C(=N/Nc1nnc(C)c(=O)[nH]1)c1ccccc1Br. The third-order valence-corrected chi connectivity index (χ3v) is 3.15. The number of aromatic amines is 1. The van der Waals surface area contributed by atoms with Crippen molar-refractivity contribution < 1.29 is 0 Å². The van der Waals surface area contributed by atoms with Crippen molar-refractivity contribution in [3.05, 3.63) is 50.3 Å². The van der Waals surface area contributed by atoms with E-state index in [0.717, 1.165) is 15.7 Å². The van der Waals surface area contributed by atoms with Crippen LogP contribution in [-0.2, 0) is 0 Å². The smallest absolute Gasteiger partial charge is 0.274 e. The van der Waals surface area contributed by atoms with Gasteiger partial charge in [0.15, 0.2) is 0 Å². The van der Waals surface area contributed by atoms with Crippen LogP contribution in [0.5, 0.6) is 0 Å². The largest absolute Gasteiger partial charge is 0.288 e. The number of anilines is 1. The molecule has 98 valence electrons. The first-order chi connectivity index (χ1) is 9.08. The first kappa shape index (κ1) is 13.4. The minimum Gasteiger partial charge on any atom is -0.288 e. The van der Waals surface area contributed by atoms with Crippen LogP contribution in [0.3, 0.4) is 0 Å². The molecule has 2 N–H and O–H groups in total. The third-order valence-electron chi connectivity index (χ3n) is 2.45. The highest BCUT2D eigenvalue weighted by Gasteiger charge is 2.03. The van der Waals surface area contributed by atoms with Crippen LogP contribution in [-0.4, -0.2) is 20.9 Å². The van der Waals surface area contributed by atoms with Crippen LogP contribution in [0, 0.1) is 6.92 Å². The molecule has 1 aromatic carbocycles. The van der Waals surface area contributed by atoms with Crippen LogP contribution in [0.1, 0.15) is 18.2 Å². The molecule has 0 amide bonds. The molecule has 0 aliphatic heterocycles. The number of hydrazone groups is 1. The van der Waals surface area contributed by atoms with Crippen molar-refractivity contribution >= 4 is 27.6 Å². The summed E-state index contributed by atoms with van der Waals surface area (Å²) in [6, 6.07) is 7.72. The maximum Gasteiger partial charge on any atom is 0.274 e. The van der Waals surface area contributed by atoms with Crippen LogP contribution in [0.2, 0.25) is 0 Å². The fourth-order valence-corrected chi connectivity index (χ4v) is 1.97. The Morgan fingerprint density at radius 3 is 2.79 bits per heavy atom. The molecule has 6 nitrogen and oxygen atoms in total. The molecule has 0 fully saturated rings. The minimum atomic E-state index is -0.286. The number of halogens is 1. The van der Waals surface area contributed by atoms with Crippen LogP contribution >= 0.6 is 15.9 Å². The molecule has 2 rings (SSSR count). The maximum absolute atomic E-state index is 11.4. The topological polar surface area (TPSA) is 83.0 Å². The molecule has 0 radical (unpaired) electrons. The van der Waals surface area contributed by atoms with Crippen molar-refractivity contribution in [2.24, 2.45) is 5.10 Å². The zero-order valence-corrected chi connectivity index (χ0v) is 12.0. The van der Waals surface area contributed by atoms with Crippen molar-refractivity contribution in [2.75, 3.05) is 5.43 Å². The van der Waals surface area contributed by atoms with E-state index in [-0.39, 0.29) is 11.5 Å². The normalized spacial score (nSPS) is 11.4. The Labute approximate surface area is 118 Å². The molecule has 0 aliphatic carbocycles. The summed E-state index contributed by atoms with van der Waals surface area (Å²) in [4.78, 5) is 13.9. The summed E-state index contributed by atoms with van der Waals surface area (Å²) in [5.74, 6) is 0.210. The highest BCUT2D eigenvalue weighted by atomic mass is 79.9. The van der Waals surface area contributed by atoms with Crippen LogP contribution in [0.4, 0.5) is 5.95 Å². The predicted octanol–water partition coefficient (Wildman–Crippen LogP) is 2.07. The number of H-pyrrole nitrogens is 1. The average molecular weight is 322 g/mol. The monoisotopic (exact) mass is 321 g/mol. The quantitative estimate of drug-likeness (QED) is 0.669. The zero-order chi connectivity index (χ0) is 13.8. The van der Waals surface area contributed by atoms with Crippen molar-refractivity contribution in [2.45, 2.75) is 13.8 Å². The van der Waals surface area contributed by atoms with E-state index >= 15 is 0 Å². The van der Waals surface area contributed by atoms with Crippen molar-refractivity contribution in [1.82, 2.24) is 15.2 Å². The van der Waals surface area contributed by atoms with Gasteiger partial charge in [0.05, 0.1) is 5.71 Å². The first-order valence-electron chi connectivity index (χ1n) is 5.56. The Bertz CT molecular complexity index is 680. The summed E-state index contributed by atoms with van der Waals surface area (Å²) < 4.78 is 0.946. The Morgan fingerprint density at radius 2 is 2.11 bits per heavy atom. The van der Waals surface area contributed by atoms with E-state index in [4.69, 9.17) is 0 Å². The van der Waals surface area contributed by atoms with E-state index in [1.54, 1.807) is 6.92 Å². The lowest BCUT2D eigenvalue weighted by Crippen LogP contribution is -2.16. The van der Waals surface area contributed by atoms with E-state index in [1.807, 2.05) is 31.2 Å². The van der Waals surface area contributed by atoms with Gasteiger partial charge in [-0.3, -0.25) is 9.78 Å². The second kappa shape index (κ2) is 5.75. The van der Waals surface area contributed by atoms with Gasteiger partial charge in [0.2, 0.25) is 5.95 Å². The van der Waals surface area contributed by atoms with Crippen LogP contribution < -0.4 is 11.0 Å². The predicted molar refractivity (Wildman–Crippen MR) is 77.4 cm³/mol. The lowest BCUT2D eigenvalue weighted by Gasteiger charge is -2.04. The second-order valence-corrected chi connectivity index (χ2v) is 4.73. The zero-order valence-electron chi connectivity index (χ0n) is 10.4. The Morgan fingerprint density at radius 1 is 1.37 bits per heavy atom. The summed E-state index contributed by atoms with van der Waals surface area (Å²) in [6.45, 7) is 3.44. The number of aromatic nitrogens is 3. The molecule has 1 heterocycles. The minimum absolute atomic E-state index is 0.210. The highest BCUT2D eigenvalue weighted by Crippen LogP contribution is 2.16. The number of hydrogen-bond donors (Lipinski definition) is 2. The van der Waals surface area contributed by atoms with Crippen LogP contribution in [0.25, 0.3) is 0 Å². The van der Waals surface area contributed by atoms with E-state index in [2.05, 4.69) is 41.6 Å². The Balaban J connectivity index is 2.21. The van der Waals surface area contributed by atoms with Gasteiger partial charge in [-0.2, -0.15) is 5.10 Å². The molecular formula is C12H12BrN5O. The highest BCUT2D eigenvalue weighted by molar-refractivity contribution is 9.10. The van der Waals surface area contributed by atoms with Gasteiger partial charge in [-0.05, 0) is 19.9 Å². The maximum atomic E-state index is 11.4. The summed E-state index contributed by atoms with van der Waals surface area (Å²) in [5, 5.41) is 11.7. The number of benzene rings is 1. The van der Waals surface area contributed by atoms with Gasteiger partial charge in [-0.15, -0.1) is 10.2 Å². The van der Waals surface area contributed by atoms with Gasteiger partial charge in [-0.1, -0.05) is 34.1 Å². The standard InChI is InChI=1S/C12H12BrN5O/c1-7(9-5-3-4-6-10(9)13)15-17-12-14-11(19)8(2)16-18-12/h3-6H,1-2H3,(H2,14,17,18,19)/b15-7-. The fraction of sp³-hybridized carbons (Fsp3) is 0.167. The van der Waals surface area contributed by atoms with E-state index in [9.17, 15) is 4.79 Å². The van der Waals surface area contributed by atoms with Gasteiger partial charge in [0.25, 0.3) is 5.56 Å².